The van der Waals surface area contributed by atoms with Gasteiger partial charge in [0.2, 0.25) is 10.0 Å². The topological polar surface area (TPSA) is 46.2 Å². The van der Waals surface area contributed by atoms with Crippen molar-refractivity contribution in [1.82, 2.24) is 4.72 Å². The minimum atomic E-state index is -3.11. The fourth-order valence-electron chi connectivity index (χ4n) is 3.73. The van der Waals surface area contributed by atoms with E-state index in [0.29, 0.717) is 6.54 Å². The minimum Gasteiger partial charge on any atom is -0.325 e. The standard InChI is InChI=1S/C24H51N2O2S/c1-5-7-8-9-10-11-12-13-14-15-16-17-18-19-24-29(27,28)25-21-20-23-26(3,4)22-6-2/h6,25H,2,5,7-24H2,1,3-4H3/q+1. The lowest BCUT2D eigenvalue weighted by molar-refractivity contribution is -0.884. The van der Waals surface area contributed by atoms with Gasteiger partial charge in [-0.3, -0.25) is 0 Å². The predicted octanol–water partition coefficient (Wildman–Crippen LogP) is 6.04. The lowest BCUT2D eigenvalue weighted by Gasteiger charge is -2.28. The van der Waals surface area contributed by atoms with Crippen LogP contribution in [-0.2, 0) is 10.0 Å². The Balaban J connectivity index is 3.45. The van der Waals surface area contributed by atoms with Crippen LogP contribution in [0.3, 0.4) is 0 Å². The average molecular weight is 432 g/mol. The second-order valence-electron chi connectivity index (χ2n) is 9.29. The molecule has 0 aromatic heterocycles. The number of sulfonamides is 1. The van der Waals surface area contributed by atoms with Gasteiger partial charge < -0.3 is 4.48 Å². The summed E-state index contributed by atoms with van der Waals surface area (Å²) in [5, 5.41) is 0. The van der Waals surface area contributed by atoms with Gasteiger partial charge in [-0.2, -0.15) is 0 Å². The molecule has 0 aliphatic heterocycles. The number of rotatable bonds is 22. The molecule has 0 amide bonds. The van der Waals surface area contributed by atoms with Crippen molar-refractivity contribution in [1.29, 1.82) is 0 Å². The average Bonchev–Trinajstić information content (AvgIpc) is 2.65. The van der Waals surface area contributed by atoms with Gasteiger partial charge in [0, 0.05) is 13.0 Å². The molecule has 0 rings (SSSR count). The molecule has 0 fully saturated rings. The Morgan fingerprint density at radius 3 is 1.66 bits per heavy atom. The van der Waals surface area contributed by atoms with Crippen LogP contribution in [0.25, 0.3) is 0 Å². The van der Waals surface area contributed by atoms with E-state index in [-0.39, 0.29) is 5.75 Å². The van der Waals surface area contributed by atoms with E-state index in [4.69, 9.17) is 0 Å². The van der Waals surface area contributed by atoms with Crippen molar-refractivity contribution in [2.24, 2.45) is 0 Å². The zero-order valence-corrected chi connectivity index (χ0v) is 20.7. The first-order valence-electron chi connectivity index (χ1n) is 12.2. The van der Waals surface area contributed by atoms with Crippen LogP contribution in [0.1, 0.15) is 103 Å². The molecule has 0 heterocycles. The normalized spacial score (nSPS) is 12.4. The summed E-state index contributed by atoms with van der Waals surface area (Å²) in [5.41, 5.74) is 0. The molecule has 0 spiro atoms. The summed E-state index contributed by atoms with van der Waals surface area (Å²) in [7, 11) is 1.18. The first-order chi connectivity index (χ1) is 13.8. The molecule has 0 radical (unpaired) electrons. The van der Waals surface area contributed by atoms with Crippen LogP contribution in [0.2, 0.25) is 0 Å². The SMILES string of the molecule is C=CC[N+](C)(C)CCCNS(=O)(=O)CCCCCCCCCCCCCCCC. The van der Waals surface area contributed by atoms with E-state index >= 15 is 0 Å². The van der Waals surface area contributed by atoms with Crippen molar-refractivity contribution < 1.29 is 12.9 Å². The van der Waals surface area contributed by atoms with Crippen LogP contribution in [0.15, 0.2) is 12.7 Å². The molecular formula is C24H51N2O2S+. The summed E-state index contributed by atoms with van der Waals surface area (Å²) in [6, 6.07) is 0. The summed E-state index contributed by atoms with van der Waals surface area (Å²) < 4.78 is 27.7. The van der Waals surface area contributed by atoms with Gasteiger partial charge in [-0.05, 0) is 12.5 Å². The Labute approximate surface area is 183 Å². The second kappa shape index (κ2) is 18.4. The number of quaternary nitrogens is 1. The van der Waals surface area contributed by atoms with Gasteiger partial charge in [0.05, 0.1) is 32.9 Å². The first kappa shape index (κ1) is 28.6. The Kier molecular flexibility index (Phi) is 18.1. The van der Waals surface area contributed by atoms with Crippen molar-refractivity contribution in [2.75, 3.05) is 39.5 Å². The van der Waals surface area contributed by atoms with Gasteiger partial charge in [0.1, 0.15) is 0 Å². The van der Waals surface area contributed by atoms with Crippen molar-refractivity contribution >= 4 is 10.0 Å². The van der Waals surface area contributed by atoms with E-state index in [0.717, 1.165) is 36.8 Å². The van der Waals surface area contributed by atoms with E-state index in [1.165, 1.54) is 77.0 Å². The molecule has 4 nitrogen and oxygen atoms in total. The van der Waals surface area contributed by atoms with Crippen LogP contribution in [0, 0.1) is 0 Å². The van der Waals surface area contributed by atoms with Crippen molar-refractivity contribution in [3.63, 3.8) is 0 Å². The van der Waals surface area contributed by atoms with Crippen LogP contribution < -0.4 is 4.72 Å². The third-order valence-corrected chi connectivity index (χ3v) is 7.12. The Morgan fingerprint density at radius 1 is 0.759 bits per heavy atom. The van der Waals surface area contributed by atoms with Gasteiger partial charge in [-0.15, -0.1) is 0 Å². The quantitative estimate of drug-likeness (QED) is 0.129. The molecule has 0 aliphatic rings. The van der Waals surface area contributed by atoms with Crippen LogP contribution in [0.5, 0.6) is 0 Å². The molecule has 29 heavy (non-hydrogen) atoms. The minimum absolute atomic E-state index is 0.274. The molecule has 5 heteroatoms. The van der Waals surface area contributed by atoms with Gasteiger partial charge in [0.25, 0.3) is 0 Å². The highest BCUT2D eigenvalue weighted by Crippen LogP contribution is 2.13. The van der Waals surface area contributed by atoms with Crippen molar-refractivity contribution in [2.45, 2.75) is 103 Å². The fraction of sp³-hybridized carbons (Fsp3) is 0.917. The molecule has 1 N–H and O–H groups in total. The number of nitrogens with one attached hydrogen (secondary N) is 1. The van der Waals surface area contributed by atoms with Gasteiger partial charge in [-0.1, -0.05) is 97.0 Å². The molecule has 0 saturated heterocycles. The van der Waals surface area contributed by atoms with Gasteiger partial charge >= 0.3 is 0 Å². The number of unbranched alkanes of at least 4 members (excludes halogenated alkanes) is 13. The highest BCUT2D eigenvalue weighted by atomic mass is 32.2. The first-order valence-corrected chi connectivity index (χ1v) is 13.9. The molecule has 0 aromatic carbocycles. The van der Waals surface area contributed by atoms with Gasteiger partial charge in [-0.25, -0.2) is 13.1 Å². The Hall–Kier alpha value is -0.390. The monoisotopic (exact) mass is 431 g/mol. The van der Waals surface area contributed by atoms with Crippen molar-refractivity contribution in [3.05, 3.63) is 12.7 Å². The van der Waals surface area contributed by atoms with Crippen LogP contribution in [-0.4, -0.2) is 52.4 Å². The summed E-state index contributed by atoms with van der Waals surface area (Å²) in [6.07, 6.45) is 20.8. The maximum Gasteiger partial charge on any atom is 0.211 e. The van der Waals surface area contributed by atoms with Crippen LogP contribution >= 0.6 is 0 Å². The second-order valence-corrected chi connectivity index (χ2v) is 11.2. The fourth-order valence-corrected chi connectivity index (χ4v) is 4.92. The van der Waals surface area contributed by atoms with E-state index < -0.39 is 10.0 Å². The number of hydrogen-bond acceptors (Lipinski definition) is 2. The third-order valence-electron chi connectivity index (χ3n) is 5.65. The molecule has 0 unspecified atom stereocenters. The summed E-state index contributed by atoms with van der Waals surface area (Å²) >= 11 is 0. The summed E-state index contributed by atoms with van der Waals surface area (Å²) in [5.74, 6) is 0.274. The number of likely N-dealkylation sites (N-methyl/N-ethyl adjacent to an activating group) is 1. The predicted molar refractivity (Wildman–Crippen MR) is 129 cm³/mol. The zero-order chi connectivity index (χ0) is 21.8. The van der Waals surface area contributed by atoms with E-state index in [2.05, 4.69) is 32.3 Å². The Morgan fingerprint density at radius 2 is 1.21 bits per heavy atom. The molecule has 0 bridgehead atoms. The molecular weight excluding hydrogens is 380 g/mol. The molecule has 0 atom stereocenters. The molecule has 0 saturated carbocycles. The largest absolute Gasteiger partial charge is 0.325 e. The van der Waals surface area contributed by atoms with E-state index in [1.54, 1.807) is 0 Å². The van der Waals surface area contributed by atoms with Crippen molar-refractivity contribution in [3.8, 4) is 0 Å². The van der Waals surface area contributed by atoms with E-state index in [9.17, 15) is 8.42 Å². The smallest absolute Gasteiger partial charge is 0.211 e. The zero-order valence-electron chi connectivity index (χ0n) is 19.9. The highest BCUT2D eigenvalue weighted by Gasteiger charge is 2.13. The Bertz CT molecular complexity index is 475. The molecule has 0 aliphatic carbocycles. The number of nitrogens with zero attached hydrogens (tertiary/aromatic N) is 1. The highest BCUT2D eigenvalue weighted by molar-refractivity contribution is 7.89. The number of hydrogen-bond donors (Lipinski definition) is 1. The molecule has 0 aromatic rings. The maximum absolute atomic E-state index is 12.1. The third kappa shape index (κ3) is 20.7. The lowest BCUT2D eigenvalue weighted by Crippen LogP contribution is -2.41. The van der Waals surface area contributed by atoms with E-state index in [1.807, 2.05) is 6.08 Å². The molecule has 174 valence electrons. The summed E-state index contributed by atoms with van der Waals surface area (Å²) in [4.78, 5) is 0. The summed E-state index contributed by atoms with van der Waals surface area (Å²) in [6.45, 7) is 8.44. The van der Waals surface area contributed by atoms with Crippen LogP contribution in [0.4, 0.5) is 0 Å². The van der Waals surface area contributed by atoms with Gasteiger partial charge in [0.15, 0.2) is 0 Å². The lowest BCUT2D eigenvalue weighted by atomic mass is 10.0. The maximum atomic E-state index is 12.1.